The smallest absolute Gasteiger partial charge is 0.159 e. The van der Waals surface area contributed by atoms with Gasteiger partial charge in [0.25, 0.3) is 0 Å². The molecule has 0 aromatic carbocycles. The Bertz CT molecular complexity index is 1270. The van der Waals surface area contributed by atoms with Gasteiger partial charge < -0.3 is 4.90 Å². The maximum atomic E-state index is 4.80. The summed E-state index contributed by atoms with van der Waals surface area (Å²) < 4.78 is 0. The number of aromatic nitrogens is 2. The van der Waals surface area contributed by atoms with Crippen molar-refractivity contribution >= 4 is 11.0 Å². The summed E-state index contributed by atoms with van der Waals surface area (Å²) in [6.07, 6.45) is 17.3. The first-order chi connectivity index (χ1) is 16.6. The third kappa shape index (κ3) is 5.08. The van der Waals surface area contributed by atoms with Crippen LogP contribution in [-0.2, 0) is 10.8 Å². The molecule has 2 aliphatic rings. The van der Waals surface area contributed by atoms with Crippen molar-refractivity contribution in [3.63, 3.8) is 0 Å². The zero-order valence-electron chi connectivity index (χ0n) is 24.2. The molecular weight excluding hydrogens is 438 g/mol. The molecule has 0 amide bonds. The molecule has 0 spiro atoms. The van der Waals surface area contributed by atoms with Gasteiger partial charge in [0, 0.05) is 36.2 Å². The molecule has 0 atom stereocenters. The summed E-state index contributed by atoms with van der Waals surface area (Å²) in [5.74, 6) is 0. The van der Waals surface area contributed by atoms with Crippen molar-refractivity contribution in [1.82, 2.24) is 14.9 Å². The molecular formula is C33H45N3. The van der Waals surface area contributed by atoms with Crippen LogP contribution in [0.4, 0.5) is 0 Å². The predicted molar refractivity (Wildman–Crippen MR) is 154 cm³/mol. The fraction of sp³-hybridized carbons (Fsp3) is 0.515. The summed E-state index contributed by atoms with van der Waals surface area (Å²) in [4.78, 5) is 11.7. The minimum absolute atomic E-state index is 0.00631. The summed E-state index contributed by atoms with van der Waals surface area (Å²) in [7, 11) is 0. The van der Waals surface area contributed by atoms with Crippen LogP contribution in [0.3, 0.4) is 0 Å². The third-order valence-corrected chi connectivity index (χ3v) is 8.05. The first-order valence-corrected chi connectivity index (χ1v) is 13.4. The molecule has 0 N–H and O–H groups in total. The van der Waals surface area contributed by atoms with E-state index in [1.165, 1.54) is 27.8 Å². The minimum Gasteiger partial charge on any atom is -0.344 e. The van der Waals surface area contributed by atoms with Crippen LogP contribution >= 0.6 is 0 Å². The monoisotopic (exact) mass is 483 g/mol. The highest BCUT2D eigenvalue weighted by Crippen LogP contribution is 2.47. The molecule has 0 aliphatic carbocycles. The van der Waals surface area contributed by atoms with Gasteiger partial charge in [-0.25, -0.2) is 9.97 Å². The molecule has 2 aromatic rings. The molecule has 3 nitrogen and oxygen atoms in total. The second kappa shape index (κ2) is 9.01. The number of rotatable bonds is 5. The molecule has 0 saturated heterocycles. The Kier molecular flexibility index (Phi) is 6.60. The largest absolute Gasteiger partial charge is 0.344 e. The van der Waals surface area contributed by atoms with Crippen LogP contribution in [0.25, 0.3) is 11.0 Å². The fourth-order valence-corrected chi connectivity index (χ4v) is 5.75. The third-order valence-electron chi connectivity index (χ3n) is 8.05. The van der Waals surface area contributed by atoms with Gasteiger partial charge in [0.2, 0.25) is 0 Å². The van der Waals surface area contributed by atoms with E-state index in [9.17, 15) is 0 Å². The van der Waals surface area contributed by atoms with Crippen molar-refractivity contribution in [1.29, 1.82) is 0 Å². The van der Waals surface area contributed by atoms with Gasteiger partial charge in [-0.2, -0.15) is 0 Å². The quantitative estimate of drug-likeness (QED) is 0.426. The topological polar surface area (TPSA) is 29.0 Å². The molecule has 192 valence electrons. The van der Waals surface area contributed by atoms with E-state index in [1.807, 2.05) is 12.3 Å². The van der Waals surface area contributed by atoms with E-state index in [2.05, 4.69) is 122 Å². The van der Waals surface area contributed by atoms with Crippen LogP contribution in [-0.4, -0.2) is 21.4 Å². The standard InChI is InChI=1S/C33H45N3/c1-30(2,3)27-22-36-19-12-11-14-23(36)20-25(27)32(7,8)16-17-33(9,10)26-21-35-29-24(15-13-18-34-29)28(26)31(4,5)6/h11-15,18-21H,16-17,22H2,1-10H3. The Balaban J connectivity index is 1.71. The average Bonchev–Trinajstić information content (AvgIpc) is 2.80. The van der Waals surface area contributed by atoms with E-state index < -0.39 is 0 Å². The number of nitrogens with zero attached hydrogens (tertiary/aromatic N) is 3. The number of pyridine rings is 2. The van der Waals surface area contributed by atoms with E-state index in [0.717, 1.165) is 25.0 Å². The van der Waals surface area contributed by atoms with E-state index >= 15 is 0 Å². The summed E-state index contributed by atoms with van der Waals surface area (Å²) in [5, 5.41) is 1.18. The van der Waals surface area contributed by atoms with Crippen molar-refractivity contribution in [2.45, 2.75) is 92.9 Å². The van der Waals surface area contributed by atoms with Gasteiger partial charge in [-0.3, -0.25) is 0 Å². The number of fused-ring (bicyclic) bond motifs is 2. The molecule has 0 radical (unpaired) electrons. The van der Waals surface area contributed by atoms with Crippen molar-refractivity contribution in [3.05, 3.63) is 83.0 Å². The van der Waals surface area contributed by atoms with Crippen molar-refractivity contribution < 1.29 is 0 Å². The van der Waals surface area contributed by atoms with Crippen LogP contribution in [0.15, 0.2) is 71.9 Å². The average molecular weight is 484 g/mol. The molecule has 0 unspecified atom stereocenters. The Morgan fingerprint density at radius 1 is 0.833 bits per heavy atom. The number of hydrogen-bond donors (Lipinski definition) is 0. The summed E-state index contributed by atoms with van der Waals surface area (Å²) in [5.41, 5.74) is 8.10. The SMILES string of the molecule is CC(C)(C)C1=C(C(C)(C)CCC(C)(C)c2cnc3ncccc3c2C(C)(C)C)C=C2C=CC=CN2C1. The summed E-state index contributed by atoms with van der Waals surface area (Å²) in [6.45, 7) is 24.6. The van der Waals surface area contributed by atoms with E-state index in [1.54, 1.807) is 5.57 Å². The second-order valence-electron chi connectivity index (χ2n) is 14.0. The Hall–Kier alpha value is -2.68. The highest BCUT2D eigenvalue weighted by Gasteiger charge is 2.37. The molecule has 4 rings (SSSR count). The lowest BCUT2D eigenvalue weighted by atomic mass is 9.66. The zero-order chi connectivity index (χ0) is 26.5. The Morgan fingerprint density at radius 3 is 2.19 bits per heavy atom. The molecule has 3 heteroatoms. The molecule has 4 heterocycles. The first-order valence-electron chi connectivity index (χ1n) is 13.4. The molecule has 2 aliphatic heterocycles. The van der Waals surface area contributed by atoms with Crippen LogP contribution < -0.4 is 0 Å². The lowest BCUT2D eigenvalue weighted by Crippen LogP contribution is -2.34. The normalized spacial score (nSPS) is 17.1. The van der Waals surface area contributed by atoms with Gasteiger partial charge >= 0.3 is 0 Å². The second-order valence-corrected chi connectivity index (χ2v) is 14.0. The van der Waals surface area contributed by atoms with Crippen LogP contribution in [0.5, 0.6) is 0 Å². The van der Waals surface area contributed by atoms with Crippen molar-refractivity contribution in [2.75, 3.05) is 6.54 Å². The Morgan fingerprint density at radius 2 is 1.53 bits per heavy atom. The van der Waals surface area contributed by atoms with Gasteiger partial charge in [-0.1, -0.05) is 75.3 Å². The molecule has 0 bridgehead atoms. The van der Waals surface area contributed by atoms with E-state index in [0.29, 0.717) is 0 Å². The number of hydrogen-bond acceptors (Lipinski definition) is 3. The molecule has 0 saturated carbocycles. The number of allylic oxidation sites excluding steroid dienone is 5. The zero-order valence-corrected chi connectivity index (χ0v) is 24.2. The first kappa shape index (κ1) is 26.4. The van der Waals surface area contributed by atoms with Crippen molar-refractivity contribution in [2.24, 2.45) is 10.8 Å². The minimum atomic E-state index is -0.0132. The van der Waals surface area contributed by atoms with Crippen LogP contribution in [0, 0.1) is 10.8 Å². The summed E-state index contributed by atoms with van der Waals surface area (Å²) in [6, 6.07) is 4.22. The van der Waals surface area contributed by atoms with Gasteiger partial charge in [-0.05, 0) is 87.1 Å². The van der Waals surface area contributed by atoms with Crippen molar-refractivity contribution in [3.8, 4) is 0 Å². The van der Waals surface area contributed by atoms with Gasteiger partial charge in [-0.15, -0.1) is 0 Å². The lowest BCUT2D eigenvalue weighted by Gasteiger charge is -2.42. The molecule has 2 aromatic heterocycles. The predicted octanol–water partition coefficient (Wildman–Crippen LogP) is 8.64. The molecule has 36 heavy (non-hydrogen) atoms. The highest BCUT2D eigenvalue weighted by atomic mass is 15.1. The van der Waals surface area contributed by atoms with Gasteiger partial charge in [0.15, 0.2) is 5.65 Å². The van der Waals surface area contributed by atoms with Gasteiger partial charge in [0.1, 0.15) is 0 Å². The van der Waals surface area contributed by atoms with Crippen LogP contribution in [0.2, 0.25) is 0 Å². The molecule has 0 fully saturated rings. The van der Waals surface area contributed by atoms with E-state index in [-0.39, 0.29) is 21.7 Å². The lowest BCUT2D eigenvalue weighted by molar-refractivity contribution is 0.316. The maximum Gasteiger partial charge on any atom is 0.159 e. The van der Waals surface area contributed by atoms with Gasteiger partial charge in [0.05, 0.1) is 0 Å². The van der Waals surface area contributed by atoms with Crippen LogP contribution in [0.1, 0.15) is 93.2 Å². The Labute approximate surface area is 219 Å². The summed E-state index contributed by atoms with van der Waals surface area (Å²) >= 11 is 0. The highest BCUT2D eigenvalue weighted by molar-refractivity contribution is 5.81. The fourth-order valence-electron chi connectivity index (χ4n) is 5.75. The maximum absolute atomic E-state index is 4.80. The van der Waals surface area contributed by atoms with E-state index in [4.69, 9.17) is 4.98 Å².